The summed E-state index contributed by atoms with van der Waals surface area (Å²) in [6.07, 6.45) is 3.86. The number of nitrogens with one attached hydrogen (secondary N) is 1. The minimum Gasteiger partial charge on any atom is -0.496 e. The third-order valence-electron chi connectivity index (χ3n) is 4.90. The molecule has 2 amide bonds. The summed E-state index contributed by atoms with van der Waals surface area (Å²) in [5.41, 5.74) is 2.98. The van der Waals surface area contributed by atoms with Crippen molar-refractivity contribution in [3.63, 3.8) is 0 Å². The Bertz CT molecular complexity index is 926. The molecule has 2 aromatic rings. The maximum absolute atomic E-state index is 12.8. The predicted octanol–water partition coefficient (Wildman–Crippen LogP) is 4.60. The number of hydrogen-bond acceptors (Lipinski definition) is 3. The monoisotopic (exact) mass is 442 g/mol. The number of benzene rings is 2. The van der Waals surface area contributed by atoms with Crippen molar-refractivity contribution in [3.05, 3.63) is 69.8 Å². The summed E-state index contributed by atoms with van der Waals surface area (Å²) in [4.78, 5) is 26.5. The fourth-order valence-electron chi connectivity index (χ4n) is 3.42. The number of ether oxygens (including phenoxy) is 1. The Morgan fingerprint density at radius 1 is 1.25 bits per heavy atom. The van der Waals surface area contributed by atoms with Crippen molar-refractivity contribution in [2.75, 3.05) is 7.11 Å². The quantitative estimate of drug-likeness (QED) is 0.735. The van der Waals surface area contributed by atoms with Gasteiger partial charge in [0.05, 0.1) is 30.1 Å². The zero-order valence-corrected chi connectivity index (χ0v) is 17.7. The number of rotatable bonds is 5. The number of methoxy groups -OCH3 is 1. The van der Waals surface area contributed by atoms with Crippen LogP contribution in [0.15, 0.2) is 53.1 Å². The lowest BCUT2D eigenvalue weighted by atomic mass is 9.93. The van der Waals surface area contributed by atoms with E-state index in [1.165, 1.54) is 6.92 Å². The highest BCUT2D eigenvalue weighted by molar-refractivity contribution is 9.10. The zero-order valence-electron chi connectivity index (χ0n) is 16.1. The largest absolute Gasteiger partial charge is 0.496 e. The molecule has 146 valence electrons. The topological polar surface area (TPSA) is 58.6 Å². The van der Waals surface area contributed by atoms with Crippen LogP contribution in [0.5, 0.6) is 5.75 Å². The first-order valence-electron chi connectivity index (χ1n) is 9.09. The van der Waals surface area contributed by atoms with Crippen LogP contribution in [0.25, 0.3) is 6.08 Å². The highest BCUT2D eigenvalue weighted by atomic mass is 79.9. The van der Waals surface area contributed by atoms with Gasteiger partial charge in [0.25, 0.3) is 0 Å². The fourth-order valence-corrected chi connectivity index (χ4v) is 3.98. The summed E-state index contributed by atoms with van der Waals surface area (Å²) in [7, 11) is 1.61. The van der Waals surface area contributed by atoms with Gasteiger partial charge in [-0.3, -0.25) is 9.59 Å². The summed E-state index contributed by atoms with van der Waals surface area (Å²) in [5.74, 6) is 0.543. The normalized spacial score (nSPS) is 16.3. The van der Waals surface area contributed by atoms with E-state index in [1.54, 1.807) is 18.2 Å². The third-order valence-corrected chi connectivity index (χ3v) is 5.52. The van der Waals surface area contributed by atoms with Gasteiger partial charge < -0.3 is 15.0 Å². The molecule has 3 rings (SSSR count). The number of hydrogen-bond donors (Lipinski definition) is 1. The summed E-state index contributed by atoms with van der Waals surface area (Å²) in [5, 5.41) is 3.04. The second kappa shape index (κ2) is 8.61. The van der Waals surface area contributed by atoms with Gasteiger partial charge in [0.15, 0.2) is 0 Å². The highest BCUT2D eigenvalue weighted by Crippen LogP contribution is 2.33. The first kappa shape index (κ1) is 20.1. The molecule has 1 N–H and O–H groups in total. The van der Waals surface area contributed by atoms with E-state index in [2.05, 4.69) is 21.2 Å². The number of fused-ring (bicyclic) bond motifs is 1. The molecule has 0 aromatic heterocycles. The Morgan fingerprint density at radius 2 is 2.00 bits per heavy atom. The molecule has 0 fully saturated rings. The molecule has 28 heavy (non-hydrogen) atoms. The average Bonchev–Trinajstić information content (AvgIpc) is 2.67. The molecule has 2 aromatic carbocycles. The van der Waals surface area contributed by atoms with E-state index < -0.39 is 0 Å². The standard InChI is InChI=1S/C22H23BrN2O3/c1-14(17-8-9-21(28-3)19(23)12-17)24-22(27)13-20-18-7-5-4-6-16(18)10-11-25(20)15(2)26/h4-12,14,20H,13H2,1-3H3,(H,24,27). The van der Waals surface area contributed by atoms with Gasteiger partial charge in [-0.25, -0.2) is 0 Å². The van der Waals surface area contributed by atoms with Crippen molar-refractivity contribution >= 4 is 33.8 Å². The van der Waals surface area contributed by atoms with Crippen molar-refractivity contribution in [2.24, 2.45) is 0 Å². The fraction of sp³-hybridized carbons (Fsp3) is 0.273. The average molecular weight is 443 g/mol. The number of carbonyl (C=O) groups excluding carboxylic acids is 2. The van der Waals surface area contributed by atoms with Crippen molar-refractivity contribution in [3.8, 4) is 5.75 Å². The molecule has 6 heteroatoms. The van der Waals surface area contributed by atoms with Crippen LogP contribution in [0, 0.1) is 0 Å². The number of halogens is 1. The van der Waals surface area contributed by atoms with Gasteiger partial charge in [-0.1, -0.05) is 30.3 Å². The summed E-state index contributed by atoms with van der Waals surface area (Å²) < 4.78 is 6.09. The molecule has 0 saturated carbocycles. The van der Waals surface area contributed by atoms with E-state index in [1.807, 2.05) is 55.5 Å². The van der Waals surface area contributed by atoms with Crippen molar-refractivity contribution < 1.29 is 14.3 Å². The van der Waals surface area contributed by atoms with Crippen LogP contribution in [0.1, 0.15) is 49.0 Å². The Labute approximate surface area is 173 Å². The SMILES string of the molecule is COc1ccc(C(C)NC(=O)CC2c3ccccc3C=CN2C(C)=O)cc1Br. The lowest BCUT2D eigenvalue weighted by molar-refractivity contribution is -0.130. The minimum atomic E-state index is -0.312. The van der Waals surface area contributed by atoms with E-state index in [4.69, 9.17) is 4.74 Å². The number of nitrogens with zero attached hydrogens (tertiary/aromatic N) is 1. The van der Waals surface area contributed by atoms with E-state index in [0.717, 1.165) is 26.9 Å². The second-order valence-electron chi connectivity index (χ2n) is 6.77. The van der Waals surface area contributed by atoms with Gasteiger partial charge in [-0.15, -0.1) is 0 Å². The van der Waals surface area contributed by atoms with Gasteiger partial charge in [0.2, 0.25) is 11.8 Å². The lowest BCUT2D eigenvalue weighted by Gasteiger charge is -2.32. The first-order chi connectivity index (χ1) is 13.4. The molecular formula is C22H23BrN2O3. The molecule has 0 spiro atoms. The third kappa shape index (κ3) is 4.28. The smallest absolute Gasteiger partial charge is 0.223 e. The van der Waals surface area contributed by atoms with Crippen LogP contribution < -0.4 is 10.1 Å². The molecule has 5 nitrogen and oxygen atoms in total. The van der Waals surface area contributed by atoms with Crippen molar-refractivity contribution in [2.45, 2.75) is 32.4 Å². The van der Waals surface area contributed by atoms with Crippen LogP contribution in [0.2, 0.25) is 0 Å². The lowest BCUT2D eigenvalue weighted by Crippen LogP contribution is -2.36. The van der Waals surface area contributed by atoms with Gasteiger partial charge in [0.1, 0.15) is 5.75 Å². The Hall–Kier alpha value is -2.60. The maximum atomic E-state index is 12.8. The molecule has 2 atom stereocenters. The van der Waals surface area contributed by atoms with Gasteiger partial charge in [0, 0.05) is 13.1 Å². The highest BCUT2D eigenvalue weighted by Gasteiger charge is 2.28. The molecule has 0 saturated heterocycles. The van der Waals surface area contributed by atoms with E-state index in [0.29, 0.717) is 0 Å². The molecule has 1 aliphatic heterocycles. The summed E-state index contributed by atoms with van der Waals surface area (Å²) >= 11 is 3.47. The van der Waals surface area contributed by atoms with Crippen LogP contribution >= 0.6 is 15.9 Å². The summed E-state index contributed by atoms with van der Waals surface area (Å²) in [6, 6.07) is 13.1. The number of carbonyl (C=O) groups is 2. The van der Waals surface area contributed by atoms with Crippen LogP contribution in [-0.4, -0.2) is 23.8 Å². The second-order valence-corrected chi connectivity index (χ2v) is 7.63. The number of amides is 2. The molecule has 2 unspecified atom stereocenters. The Kier molecular flexibility index (Phi) is 6.19. The van der Waals surface area contributed by atoms with Crippen LogP contribution in [0.3, 0.4) is 0 Å². The van der Waals surface area contributed by atoms with Crippen molar-refractivity contribution in [1.82, 2.24) is 10.2 Å². The molecular weight excluding hydrogens is 420 g/mol. The minimum absolute atomic E-state index is 0.0873. The van der Waals surface area contributed by atoms with Gasteiger partial charge in [-0.05, 0) is 57.8 Å². The zero-order chi connectivity index (χ0) is 20.3. The molecule has 1 aliphatic rings. The van der Waals surface area contributed by atoms with Crippen molar-refractivity contribution in [1.29, 1.82) is 0 Å². The van der Waals surface area contributed by atoms with E-state index >= 15 is 0 Å². The molecule has 0 aliphatic carbocycles. The molecule has 0 bridgehead atoms. The van der Waals surface area contributed by atoms with E-state index in [-0.39, 0.29) is 30.3 Å². The van der Waals surface area contributed by atoms with Crippen LogP contribution in [0.4, 0.5) is 0 Å². The Morgan fingerprint density at radius 3 is 2.68 bits per heavy atom. The molecule has 1 heterocycles. The van der Waals surface area contributed by atoms with Gasteiger partial charge in [-0.2, -0.15) is 0 Å². The van der Waals surface area contributed by atoms with E-state index in [9.17, 15) is 9.59 Å². The summed E-state index contributed by atoms with van der Waals surface area (Å²) in [6.45, 7) is 3.45. The predicted molar refractivity (Wildman–Crippen MR) is 113 cm³/mol. The molecule has 0 radical (unpaired) electrons. The van der Waals surface area contributed by atoms with Gasteiger partial charge >= 0.3 is 0 Å². The van der Waals surface area contributed by atoms with Crippen LogP contribution in [-0.2, 0) is 9.59 Å². The maximum Gasteiger partial charge on any atom is 0.223 e. The first-order valence-corrected chi connectivity index (χ1v) is 9.89. The Balaban J connectivity index is 1.75.